The molecule has 5 aliphatic rings. The molecule has 37 heavy (non-hydrogen) atoms. The second kappa shape index (κ2) is 8.68. The van der Waals surface area contributed by atoms with Crippen LogP contribution in [-0.2, 0) is 26.2 Å². The molecule has 3 aliphatic carbocycles. The number of quaternary nitrogens is 1. The summed E-state index contributed by atoms with van der Waals surface area (Å²) in [6.07, 6.45) is 3.73. The van der Waals surface area contributed by atoms with Crippen molar-refractivity contribution in [1.82, 2.24) is 5.48 Å². The number of carboxylic acid groups (broad SMARTS) is 1. The molecule has 10 nitrogen and oxygen atoms in total. The summed E-state index contributed by atoms with van der Waals surface area (Å²) in [6.45, 7) is 1.83. The van der Waals surface area contributed by atoms with Gasteiger partial charge in [0.05, 0.1) is 31.6 Å². The van der Waals surface area contributed by atoms with E-state index < -0.39 is 29.1 Å². The zero-order valence-electron chi connectivity index (χ0n) is 21.4. The monoisotopic (exact) mass is 516 g/mol. The standard InChI is InChI=1S/C26H32N2O8.CH3/c1-28(12-14-2-3-14)9-8-25-21-15-10-18(36-27-16(13-29)4-5-20(31)32)22(33)23(21)35-24(25)17(30)6-7-26(25,34)19(28)11-15;/h10,13-14,16,19,24,27,34H,2-9,11-12H2,1H3,(H-,31,32,33);1H3/q;-1/p+1/t16-,19+,24-,25-,26+,28+;/m0./s1. The van der Waals surface area contributed by atoms with E-state index in [4.69, 9.17) is 14.7 Å². The van der Waals surface area contributed by atoms with Gasteiger partial charge >= 0.3 is 5.97 Å². The second-order valence-corrected chi connectivity index (χ2v) is 11.6. The van der Waals surface area contributed by atoms with E-state index in [2.05, 4.69) is 12.5 Å². The van der Waals surface area contributed by atoms with Crippen LogP contribution in [0.3, 0.4) is 0 Å². The molecular formula is C27H36N2O8. The summed E-state index contributed by atoms with van der Waals surface area (Å²) in [4.78, 5) is 41.0. The van der Waals surface area contributed by atoms with Crippen molar-refractivity contribution in [2.75, 3.05) is 20.1 Å². The molecule has 4 N–H and O–H groups in total. The number of nitrogens with one attached hydrogen (secondary N) is 1. The van der Waals surface area contributed by atoms with Gasteiger partial charge in [-0.05, 0) is 37.3 Å². The zero-order chi connectivity index (χ0) is 25.5. The molecule has 202 valence electrons. The molecule has 1 saturated heterocycles. The van der Waals surface area contributed by atoms with Crippen LogP contribution in [0.25, 0.3) is 0 Å². The number of Topliss-reactive ketones (excluding diaryl/α,β-unsaturated/α-hetero) is 1. The lowest BCUT2D eigenvalue weighted by Gasteiger charge is -2.64. The number of aromatic hydroxyl groups is 1. The molecule has 1 aromatic carbocycles. The van der Waals surface area contributed by atoms with Crippen molar-refractivity contribution in [3.8, 4) is 17.2 Å². The quantitative estimate of drug-likeness (QED) is 0.166. The maximum atomic E-state index is 13.1. The minimum Gasteiger partial charge on any atom is -0.502 e. The van der Waals surface area contributed by atoms with Gasteiger partial charge in [0.25, 0.3) is 0 Å². The molecule has 10 heteroatoms. The van der Waals surface area contributed by atoms with Crippen LogP contribution in [0.1, 0.15) is 56.1 Å². The number of hydroxylamine groups is 1. The summed E-state index contributed by atoms with van der Waals surface area (Å²) in [5, 5.41) is 32.4. The number of rotatable bonds is 9. The van der Waals surface area contributed by atoms with E-state index in [0.717, 1.165) is 28.7 Å². The number of ketones is 1. The van der Waals surface area contributed by atoms with Gasteiger partial charge in [-0.3, -0.25) is 9.59 Å². The molecule has 3 fully saturated rings. The number of ether oxygens (including phenoxy) is 1. The number of likely N-dealkylation sites (N-methyl/N-ethyl adjacent to an activating group) is 1. The molecule has 0 unspecified atom stereocenters. The number of phenols is 1. The normalized spacial score (nSPS) is 35.6. The third kappa shape index (κ3) is 3.59. The lowest BCUT2D eigenvalue weighted by molar-refractivity contribution is -0.950. The van der Waals surface area contributed by atoms with Gasteiger partial charge < -0.3 is 41.6 Å². The van der Waals surface area contributed by atoms with Crippen molar-refractivity contribution in [2.45, 2.75) is 80.6 Å². The Labute approximate surface area is 216 Å². The average molecular weight is 517 g/mol. The molecule has 0 aromatic heterocycles. The number of aldehydes is 1. The lowest BCUT2D eigenvalue weighted by atomic mass is 9.48. The number of piperidine rings is 1. The fourth-order valence-electron chi connectivity index (χ4n) is 7.64. The molecular weight excluding hydrogens is 480 g/mol. The van der Waals surface area contributed by atoms with Gasteiger partial charge in [0.1, 0.15) is 17.9 Å². The largest absolute Gasteiger partial charge is 0.502 e. The summed E-state index contributed by atoms with van der Waals surface area (Å²) < 4.78 is 6.93. The maximum Gasteiger partial charge on any atom is 0.303 e. The minimum atomic E-state index is -1.11. The van der Waals surface area contributed by atoms with Crippen LogP contribution in [-0.4, -0.2) is 81.8 Å². The Kier molecular flexibility index (Phi) is 6.08. The summed E-state index contributed by atoms with van der Waals surface area (Å²) in [5.41, 5.74) is 2.14. The van der Waals surface area contributed by atoms with E-state index in [1.807, 2.05) is 0 Å². The van der Waals surface area contributed by atoms with Crippen LogP contribution < -0.4 is 15.1 Å². The number of nitrogens with zero attached hydrogens (tertiary/aromatic N) is 1. The Hall–Kier alpha value is -2.69. The van der Waals surface area contributed by atoms with E-state index in [9.17, 15) is 24.6 Å². The highest BCUT2D eigenvalue weighted by molar-refractivity contribution is 5.90. The Morgan fingerprint density at radius 3 is 2.81 bits per heavy atom. The Bertz CT molecular complexity index is 1150. The number of likely N-dealkylation sites (tertiary alicyclic amines) is 1. The first-order valence-electron chi connectivity index (χ1n) is 12.9. The van der Waals surface area contributed by atoms with Crippen LogP contribution in [0.5, 0.6) is 17.2 Å². The van der Waals surface area contributed by atoms with Crippen LogP contribution in [0.4, 0.5) is 0 Å². The van der Waals surface area contributed by atoms with Gasteiger partial charge in [-0.2, -0.15) is 0 Å². The number of benzene rings is 1. The van der Waals surface area contributed by atoms with Crippen molar-refractivity contribution in [3.63, 3.8) is 0 Å². The van der Waals surface area contributed by atoms with Crippen molar-refractivity contribution in [3.05, 3.63) is 24.6 Å². The third-order valence-electron chi connectivity index (χ3n) is 9.51. The van der Waals surface area contributed by atoms with E-state index in [1.54, 1.807) is 6.07 Å². The van der Waals surface area contributed by atoms with E-state index in [-0.39, 0.29) is 55.8 Å². The highest BCUT2D eigenvalue weighted by Crippen LogP contribution is 2.67. The van der Waals surface area contributed by atoms with Crippen LogP contribution >= 0.6 is 0 Å². The number of aliphatic carboxylic acids is 1. The number of carbonyl (C=O) groups excluding carboxylic acids is 2. The van der Waals surface area contributed by atoms with Gasteiger partial charge in [-0.25, -0.2) is 0 Å². The van der Waals surface area contributed by atoms with E-state index >= 15 is 0 Å². The van der Waals surface area contributed by atoms with E-state index in [0.29, 0.717) is 31.5 Å². The van der Waals surface area contributed by atoms with Crippen molar-refractivity contribution >= 4 is 18.0 Å². The zero-order valence-corrected chi connectivity index (χ0v) is 21.4. The number of aliphatic hydroxyl groups is 1. The van der Waals surface area contributed by atoms with Gasteiger partial charge in [0, 0.05) is 37.2 Å². The highest BCUT2D eigenvalue weighted by atomic mass is 16.7. The minimum absolute atomic E-state index is 0. The van der Waals surface area contributed by atoms with Gasteiger partial charge in [0.15, 0.2) is 23.4 Å². The smallest absolute Gasteiger partial charge is 0.303 e. The fourth-order valence-corrected chi connectivity index (χ4v) is 7.64. The molecule has 1 spiro atoms. The predicted octanol–water partition coefficient (Wildman–Crippen LogP) is 1.44. The Morgan fingerprint density at radius 1 is 1.38 bits per heavy atom. The van der Waals surface area contributed by atoms with Gasteiger partial charge in [-0.15, -0.1) is 5.48 Å². The second-order valence-electron chi connectivity index (χ2n) is 11.6. The number of carboxylic acids is 1. The van der Waals surface area contributed by atoms with Crippen molar-refractivity contribution in [1.29, 1.82) is 0 Å². The molecule has 0 radical (unpaired) electrons. The van der Waals surface area contributed by atoms with Crippen LogP contribution in [0, 0.1) is 13.3 Å². The summed E-state index contributed by atoms with van der Waals surface area (Å²) in [7, 11) is 2.22. The highest BCUT2D eigenvalue weighted by Gasteiger charge is 2.76. The van der Waals surface area contributed by atoms with Gasteiger partial charge in [0.2, 0.25) is 5.75 Å². The molecule has 2 bridgehead atoms. The molecule has 2 saturated carbocycles. The molecule has 6 rings (SSSR count). The molecule has 1 aromatic rings. The predicted molar refractivity (Wildman–Crippen MR) is 131 cm³/mol. The Morgan fingerprint density at radius 2 is 2.14 bits per heavy atom. The lowest BCUT2D eigenvalue weighted by Crippen LogP contribution is -2.80. The van der Waals surface area contributed by atoms with E-state index in [1.165, 1.54) is 12.8 Å². The maximum absolute atomic E-state index is 13.1. The fraction of sp³-hybridized carbons (Fsp3) is 0.630. The molecule has 6 atom stereocenters. The summed E-state index contributed by atoms with van der Waals surface area (Å²) in [5.74, 6) is -0.488. The Balaban J connectivity index is 0.00000280. The summed E-state index contributed by atoms with van der Waals surface area (Å²) in [6, 6.07) is 0.719. The van der Waals surface area contributed by atoms with Gasteiger partial charge in [-0.1, -0.05) is 0 Å². The van der Waals surface area contributed by atoms with Crippen LogP contribution in [0.15, 0.2) is 6.07 Å². The van der Waals surface area contributed by atoms with Crippen molar-refractivity contribution < 1.29 is 43.8 Å². The molecule has 0 amide bonds. The third-order valence-corrected chi connectivity index (χ3v) is 9.51. The number of hydrogen-bond acceptors (Lipinski definition) is 8. The first-order chi connectivity index (χ1) is 17.1. The first kappa shape index (κ1) is 25.9. The SMILES string of the molecule is C[N@+]1(CC2CC2)CC[C@]23c4c5cc(ON[C@H](C=O)CCC(=O)O)c(O)c4O[C@H]2C(=O)CC[C@@]3(O)[C@H]1C5.[CH3-]. The molecule has 2 heterocycles. The molecule has 2 aliphatic heterocycles. The summed E-state index contributed by atoms with van der Waals surface area (Å²) >= 11 is 0. The first-order valence-corrected chi connectivity index (χ1v) is 12.9. The number of carbonyl (C=O) groups is 3. The topological polar surface area (TPSA) is 142 Å². The van der Waals surface area contributed by atoms with Crippen LogP contribution in [0.2, 0.25) is 0 Å². The number of hydrogen-bond donors (Lipinski definition) is 4. The van der Waals surface area contributed by atoms with Crippen molar-refractivity contribution in [2.24, 2.45) is 5.92 Å². The average Bonchev–Trinajstić information content (AvgIpc) is 3.56. The number of phenolic OH excluding ortho intramolecular Hbond substituents is 1.